The molecule has 1 aromatic rings. The maximum atomic E-state index is 13.3. The van der Waals surface area contributed by atoms with Gasteiger partial charge in [0.25, 0.3) is 0 Å². The average Bonchev–Trinajstić information content (AvgIpc) is 2.44. The second-order valence-electron chi connectivity index (χ2n) is 4.74. The molecule has 92 valence electrons. The second kappa shape index (κ2) is 4.16. The zero-order valence-corrected chi connectivity index (χ0v) is 10.1. The van der Waals surface area contributed by atoms with Gasteiger partial charge >= 0.3 is 0 Å². The van der Waals surface area contributed by atoms with Crippen LogP contribution >= 0.6 is 0 Å². The minimum absolute atomic E-state index is 0.110. The molecule has 0 amide bonds. The van der Waals surface area contributed by atoms with E-state index < -0.39 is 0 Å². The molecule has 0 N–H and O–H groups in total. The lowest BCUT2D eigenvalue weighted by Gasteiger charge is -2.12. The molecule has 0 bridgehead atoms. The number of fused-ring (bicyclic) bond motifs is 1. The van der Waals surface area contributed by atoms with Crippen LogP contribution in [0.4, 0.5) is 8.78 Å². The van der Waals surface area contributed by atoms with Gasteiger partial charge in [-0.2, -0.15) is 0 Å². The van der Waals surface area contributed by atoms with E-state index in [2.05, 4.69) is 4.99 Å². The first-order valence-corrected chi connectivity index (χ1v) is 6.05. The second-order valence-corrected chi connectivity index (χ2v) is 4.74. The molecule has 3 rings (SSSR count). The fourth-order valence-electron chi connectivity index (χ4n) is 2.55. The Morgan fingerprint density at radius 1 is 1.17 bits per heavy atom. The quantitative estimate of drug-likeness (QED) is 0.652. The van der Waals surface area contributed by atoms with Crippen LogP contribution in [0, 0.1) is 5.82 Å². The van der Waals surface area contributed by atoms with Gasteiger partial charge < -0.3 is 0 Å². The standard InChI is InChI=1S/C15H13F2N/c1-9-14-4-2-12(16)7-10(14)6-11-8-13(17)3-5-15(11)18-9/h2,4,7-8H,3,5-6H2,1H3. The summed E-state index contributed by atoms with van der Waals surface area (Å²) in [5.74, 6) is -0.368. The van der Waals surface area contributed by atoms with Crippen molar-refractivity contribution in [2.75, 3.05) is 0 Å². The van der Waals surface area contributed by atoms with E-state index >= 15 is 0 Å². The van der Waals surface area contributed by atoms with E-state index in [-0.39, 0.29) is 11.6 Å². The van der Waals surface area contributed by atoms with Crippen LogP contribution in [0.1, 0.15) is 30.9 Å². The van der Waals surface area contributed by atoms with Crippen LogP contribution in [0.2, 0.25) is 0 Å². The van der Waals surface area contributed by atoms with E-state index in [1.807, 2.05) is 6.92 Å². The summed E-state index contributed by atoms with van der Waals surface area (Å²) >= 11 is 0. The summed E-state index contributed by atoms with van der Waals surface area (Å²) in [6, 6.07) is 4.71. The lowest BCUT2D eigenvalue weighted by Crippen LogP contribution is -2.00. The number of allylic oxidation sites excluding steroid dienone is 4. The average molecular weight is 245 g/mol. The lowest BCUT2D eigenvalue weighted by molar-refractivity contribution is 0.576. The minimum Gasteiger partial charge on any atom is -0.257 e. The Morgan fingerprint density at radius 2 is 2.00 bits per heavy atom. The van der Waals surface area contributed by atoms with Gasteiger partial charge in [-0.3, -0.25) is 4.99 Å². The predicted octanol–water partition coefficient (Wildman–Crippen LogP) is 4.09. The molecule has 0 saturated carbocycles. The largest absolute Gasteiger partial charge is 0.257 e. The van der Waals surface area contributed by atoms with Crippen LogP contribution in [0.25, 0.3) is 0 Å². The van der Waals surface area contributed by atoms with Crippen molar-refractivity contribution in [2.45, 2.75) is 26.2 Å². The van der Waals surface area contributed by atoms with Crippen LogP contribution in [-0.2, 0) is 6.42 Å². The first-order chi connectivity index (χ1) is 8.63. The Kier molecular flexibility index (Phi) is 2.62. The summed E-state index contributed by atoms with van der Waals surface area (Å²) in [6.07, 6.45) is 3.15. The summed E-state index contributed by atoms with van der Waals surface area (Å²) in [5, 5.41) is 0. The van der Waals surface area contributed by atoms with Crippen molar-refractivity contribution in [1.29, 1.82) is 0 Å². The highest BCUT2D eigenvalue weighted by molar-refractivity contribution is 6.01. The number of rotatable bonds is 0. The summed E-state index contributed by atoms with van der Waals surface area (Å²) in [7, 11) is 0. The molecule has 1 heterocycles. The first-order valence-electron chi connectivity index (χ1n) is 6.05. The topological polar surface area (TPSA) is 12.4 Å². The maximum absolute atomic E-state index is 13.3. The van der Waals surface area contributed by atoms with Gasteiger partial charge in [-0.05, 0) is 54.3 Å². The van der Waals surface area contributed by atoms with Gasteiger partial charge in [0.05, 0.1) is 0 Å². The SMILES string of the molecule is CC1=NC2=C(C=C(F)CC2)Cc2cc(F)ccc21. The van der Waals surface area contributed by atoms with Gasteiger partial charge in [-0.1, -0.05) is 0 Å². The highest BCUT2D eigenvalue weighted by Gasteiger charge is 2.19. The van der Waals surface area contributed by atoms with Gasteiger partial charge in [-0.25, -0.2) is 8.78 Å². The number of nitrogens with zero attached hydrogens (tertiary/aromatic N) is 1. The van der Waals surface area contributed by atoms with Crippen molar-refractivity contribution >= 4 is 5.71 Å². The fourth-order valence-corrected chi connectivity index (χ4v) is 2.55. The molecule has 0 fully saturated rings. The number of aliphatic imine (C=N–C) groups is 1. The number of hydrogen-bond donors (Lipinski definition) is 0. The molecule has 1 aliphatic carbocycles. The van der Waals surface area contributed by atoms with E-state index in [1.54, 1.807) is 12.1 Å². The molecular formula is C15H13F2N. The summed E-state index contributed by atoms with van der Waals surface area (Å²) in [4.78, 5) is 4.57. The zero-order chi connectivity index (χ0) is 12.7. The minimum atomic E-state index is -0.258. The molecule has 0 spiro atoms. The smallest absolute Gasteiger partial charge is 0.123 e. The van der Waals surface area contributed by atoms with E-state index in [1.165, 1.54) is 12.1 Å². The Bertz CT molecular complexity index is 609. The molecule has 0 radical (unpaired) electrons. The maximum Gasteiger partial charge on any atom is 0.123 e. The molecule has 0 atom stereocenters. The van der Waals surface area contributed by atoms with Gasteiger partial charge in [0.1, 0.15) is 11.6 Å². The normalized spacial score (nSPS) is 18.6. The van der Waals surface area contributed by atoms with Crippen LogP contribution in [0.15, 0.2) is 46.4 Å². The van der Waals surface area contributed by atoms with Crippen LogP contribution in [0.5, 0.6) is 0 Å². The molecule has 2 aliphatic rings. The molecule has 0 saturated heterocycles. The Labute approximate surface area is 105 Å². The first kappa shape index (κ1) is 11.3. The van der Waals surface area contributed by atoms with Crippen molar-refractivity contribution in [1.82, 2.24) is 0 Å². The Balaban J connectivity index is 2.15. The van der Waals surface area contributed by atoms with Crippen molar-refractivity contribution in [3.05, 3.63) is 58.3 Å². The van der Waals surface area contributed by atoms with Gasteiger partial charge in [0.15, 0.2) is 0 Å². The number of halogens is 2. The van der Waals surface area contributed by atoms with Crippen LogP contribution in [-0.4, -0.2) is 5.71 Å². The zero-order valence-electron chi connectivity index (χ0n) is 10.1. The lowest BCUT2D eigenvalue weighted by atomic mass is 9.94. The summed E-state index contributed by atoms with van der Waals surface area (Å²) in [5.41, 5.74) is 4.53. The third kappa shape index (κ3) is 1.90. The Hall–Kier alpha value is -1.77. The summed E-state index contributed by atoms with van der Waals surface area (Å²) in [6.45, 7) is 1.92. The predicted molar refractivity (Wildman–Crippen MR) is 67.8 cm³/mol. The molecule has 1 aromatic carbocycles. The molecule has 1 nitrogen and oxygen atoms in total. The van der Waals surface area contributed by atoms with Crippen LogP contribution in [0.3, 0.4) is 0 Å². The fraction of sp³-hybridized carbons (Fsp3) is 0.267. The third-order valence-electron chi connectivity index (χ3n) is 3.44. The highest BCUT2D eigenvalue weighted by Crippen LogP contribution is 2.32. The van der Waals surface area contributed by atoms with Crippen LogP contribution < -0.4 is 0 Å². The molecule has 1 aliphatic heterocycles. The highest BCUT2D eigenvalue weighted by atomic mass is 19.1. The van der Waals surface area contributed by atoms with E-state index in [4.69, 9.17) is 0 Å². The van der Waals surface area contributed by atoms with Gasteiger partial charge in [0.2, 0.25) is 0 Å². The number of benzene rings is 1. The molecule has 0 unspecified atom stereocenters. The number of hydrogen-bond acceptors (Lipinski definition) is 1. The monoisotopic (exact) mass is 245 g/mol. The van der Waals surface area contributed by atoms with Crippen molar-refractivity contribution < 1.29 is 8.78 Å². The molecule has 3 heteroatoms. The van der Waals surface area contributed by atoms with Crippen molar-refractivity contribution in [2.24, 2.45) is 4.99 Å². The third-order valence-corrected chi connectivity index (χ3v) is 3.44. The summed E-state index contributed by atoms with van der Waals surface area (Å²) < 4.78 is 26.7. The van der Waals surface area contributed by atoms with E-state index in [0.29, 0.717) is 19.3 Å². The molecule has 18 heavy (non-hydrogen) atoms. The molecular weight excluding hydrogens is 232 g/mol. The van der Waals surface area contributed by atoms with Gasteiger partial charge in [0, 0.05) is 24.3 Å². The van der Waals surface area contributed by atoms with Gasteiger partial charge in [-0.15, -0.1) is 0 Å². The van der Waals surface area contributed by atoms with E-state index in [9.17, 15) is 8.78 Å². The van der Waals surface area contributed by atoms with Crippen molar-refractivity contribution in [3.8, 4) is 0 Å². The molecule has 0 aromatic heterocycles. The van der Waals surface area contributed by atoms with Crippen molar-refractivity contribution in [3.63, 3.8) is 0 Å². The van der Waals surface area contributed by atoms with E-state index in [0.717, 1.165) is 28.1 Å². The Morgan fingerprint density at radius 3 is 2.83 bits per heavy atom.